The van der Waals surface area contributed by atoms with Crippen molar-refractivity contribution >= 4 is 17.4 Å². The van der Waals surface area contributed by atoms with Gasteiger partial charge in [0.1, 0.15) is 5.82 Å². The smallest absolute Gasteiger partial charge is 0.373 e. The van der Waals surface area contributed by atoms with Crippen molar-refractivity contribution in [3.63, 3.8) is 0 Å². The van der Waals surface area contributed by atoms with Gasteiger partial charge in [-0.2, -0.15) is 13.2 Å². The van der Waals surface area contributed by atoms with Gasteiger partial charge in [0.15, 0.2) is 0 Å². The highest BCUT2D eigenvalue weighted by Crippen LogP contribution is 2.28. The Kier molecular flexibility index (Phi) is 4.22. The third-order valence-corrected chi connectivity index (χ3v) is 3.15. The monoisotopic (exact) mass is 317 g/mol. The second-order valence-electron chi connectivity index (χ2n) is 4.26. The van der Waals surface area contributed by atoms with Crippen molar-refractivity contribution in [2.45, 2.75) is 12.7 Å². The first-order valence-corrected chi connectivity index (χ1v) is 6.30. The molecule has 0 saturated carbocycles. The third kappa shape index (κ3) is 3.55. The van der Waals surface area contributed by atoms with Crippen LogP contribution < -0.4 is 10.9 Å². The van der Waals surface area contributed by atoms with Gasteiger partial charge in [0.05, 0.1) is 22.8 Å². The van der Waals surface area contributed by atoms with E-state index in [-0.39, 0.29) is 11.6 Å². The summed E-state index contributed by atoms with van der Waals surface area (Å²) in [6, 6.07) is 4.81. The van der Waals surface area contributed by atoms with Crippen molar-refractivity contribution in [2.75, 3.05) is 12.4 Å². The van der Waals surface area contributed by atoms with Crippen LogP contribution in [0.1, 0.15) is 11.3 Å². The van der Waals surface area contributed by atoms with Crippen molar-refractivity contribution in [1.82, 2.24) is 9.55 Å². The maximum Gasteiger partial charge on any atom is 0.417 e. The summed E-state index contributed by atoms with van der Waals surface area (Å²) in [6.45, 7) is -0.142. The van der Waals surface area contributed by atoms with Crippen LogP contribution in [0.2, 0.25) is 5.02 Å². The molecule has 0 amide bonds. The summed E-state index contributed by atoms with van der Waals surface area (Å²) in [4.78, 5) is 15.8. The number of nitrogens with zero attached hydrogens (tertiary/aromatic N) is 2. The molecule has 0 aliphatic rings. The molecule has 0 radical (unpaired) electrons. The summed E-state index contributed by atoms with van der Waals surface area (Å²) in [5.41, 5.74) is -1.15. The minimum absolute atomic E-state index is 0.142. The van der Waals surface area contributed by atoms with Gasteiger partial charge in [-0.15, -0.1) is 0 Å². The molecule has 0 atom stereocenters. The van der Waals surface area contributed by atoms with Gasteiger partial charge in [0.25, 0.3) is 5.56 Å². The number of aromatic nitrogens is 2. The van der Waals surface area contributed by atoms with Crippen LogP contribution in [0.15, 0.2) is 35.3 Å². The third-order valence-electron chi connectivity index (χ3n) is 2.81. The summed E-state index contributed by atoms with van der Waals surface area (Å²) in [7, 11) is 1.65. The van der Waals surface area contributed by atoms with E-state index in [1.165, 1.54) is 0 Å². The van der Waals surface area contributed by atoms with E-state index in [0.29, 0.717) is 11.5 Å². The molecule has 2 aromatic heterocycles. The zero-order valence-corrected chi connectivity index (χ0v) is 11.7. The van der Waals surface area contributed by atoms with E-state index in [9.17, 15) is 18.0 Å². The average Bonchev–Trinajstić information content (AvgIpc) is 2.42. The fraction of sp³-hybridized carbons (Fsp3) is 0.231. The molecular weight excluding hydrogens is 307 g/mol. The molecule has 0 bridgehead atoms. The van der Waals surface area contributed by atoms with Crippen molar-refractivity contribution < 1.29 is 13.2 Å². The van der Waals surface area contributed by atoms with Crippen molar-refractivity contribution in [3.8, 4) is 0 Å². The van der Waals surface area contributed by atoms with Crippen LogP contribution >= 0.6 is 11.6 Å². The summed E-state index contributed by atoms with van der Waals surface area (Å²) in [5.74, 6) is 0.509. The molecule has 0 spiro atoms. The normalized spacial score (nSPS) is 11.5. The number of pyridine rings is 2. The summed E-state index contributed by atoms with van der Waals surface area (Å²) < 4.78 is 38.9. The zero-order chi connectivity index (χ0) is 15.6. The maximum absolute atomic E-state index is 12.7. The van der Waals surface area contributed by atoms with E-state index >= 15 is 0 Å². The van der Waals surface area contributed by atoms with Gasteiger partial charge < -0.3 is 9.88 Å². The Labute approximate surface area is 123 Å². The maximum atomic E-state index is 12.7. The number of anilines is 1. The molecule has 2 heterocycles. The average molecular weight is 318 g/mol. The molecular formula is C13H11ClF3N3O. The van der Waals surface area contributed by atoms with Gasteiger partial charge >= 0.3 is 6.18 Å². The summed E-state index contributed by atoms with van der Waals surface area (Å²) in [5, 5.41) is 3.07. The fourth-order valence-corrected chi connectivity index (χ4v) is 1.88. The molecule has 21 heavy (non-hydrogen) atoms. The molecule has 8 heteroatoms. The number of halogens is 4. The van der Waals surface area contributed by atoms with Crippen LogP contribution in [0, 0.1) is 0 Å². The first-order chi connectivity index (χ1) is 9.81. The zero-order valence-electron chi connectivity index (χ0n) is 10.9. The second-order valence-corrected chi connectivity index (χ2v) is 4.66. The van der Waals surface area contributed by atoms with Gasteiger partial charge in [0.2, 0.25) is 0 Å². The Bertz CT molecular complexity index is 713. The SMILES string of the molecule is CNc1ccc(Cl)c(Cn2cc(C(F)(F)F)ccc2=O)n1. The number of hydrogen-bond donors (Lipinski definition) is 1. The van der Waals surface area contributed by atoms with Crippen LogP contribution in [-0.2, 0) is 12.7 Å². The van der Waals surface area contributed by atoms with Gasteiger partial charge in [0, 0.05) is 19.3 Å². The van der Waals surface area contributed by atoms with E-state index in [4.69, 9.17) is 11.6 Å². The molecule has 0 aromatic carbocycles. The lowest BCUT2D eigenvalue weighted by Crippen LogP contribution is -2.22. The van der Waals surface area contributed by atoms with Crippen molar-refractivity contribution in [1.29, 1.82) is 0 Å². The minimum atomic E-state index is -4.51. The lowest BCUT2D eigenvalue weighted by Gasteiger charge is -2.12. The number of alkyl halides is 3. The van der Waals surface area contributed by atoms with Crippen LogP contribution in [0.5, 0.6) is 0 Å². The van der Waals surface area contributed by atoms with Gasteiger partial charge in [-0.1, -0.05) is 11.6 Å². The Morgan fingerprint density at radius 2 is 2.00 bits per heavy atom. The molecule has 0 fully saturated rings. The number of hydrogen-bond acceptors (Lipinski definition) is 3. The Hall–Kier alpha value is -2.02. The van der Waals surface area contributed by atoms with E-state index in [0.717, 1.165) is 22.9 Å². The number of nitrogens with one attached hydrogen (secondary N) is 1. The van der Waals surface area contributed by atoms with Crippen LogP contribution in [0.4, 0.5) is 19.0 Å². The van der Waals surface area contributed by atoms with E-state index in [2.05, 4.69) is 10.3 Å². The molecule has 2 rings (SSSR count). The highest BCUT2D eigenvalue weighted by atomic mass is 35.5. The standard InChI is InChI=1S/C13H11ClF3N3O/c1-18-11-4-3-9(14)10(19-11)7-20-6-8(13(15,16)17)2-5-12(20)21/h2-6H,7H2,1H3,(H,18,19). The highest BCUT2D eigenvalue weighted by Gasteiger charge is 2.31. The quantitative estimate of drug-likeness (QED) is 0.946. The van der Waals surface area contributed by atoms with E-state index < -0.39 is 17.3 Å². The van der Waals surface area contributed by atoms with Crippen molar-refractivity contribution in [2.24, 2.45) is 0 Å². The molecule has 0 unspecified atom stereocenters. The topological polar surface area (TPSA) is 46.9 Å². The first kappa shape index (κ1) is 15.4. The Balaban J connectivity index is 2.42. The van der Waals surface area contributed by atoms with Crippen molar-refractivity contribution in [3.05, 3.63) is 57.1 Å². The highest BCUT2D eigenvalue weighted by molar-refractivity contribution is 6.31. The van der Waals surface area contributed by atoms with Crippen LogP contribution in [0.25, 0.3) is 0 Å². The summed E-state index contributed by atoms with van der Waals surface area (Å²) >= 11 is 5.96. The molecule has 4 nitrogen and oxygen atoms in total. The first-order valence-electron chi connectivity index (χ1n) is 5.92. The molecule has 1 N–H and O–H groups in total. The predicted molar refractivity (Wildman–Crippen MR) is 73.6 cm³/mol. The second kappa shape index (κ2) is 5.77. The lowest BCUT2D eigenvalue weighted by atomic mass is 10.2. The molecule has 2 aromatic rings. The molecule has 0 aliphatic carbocycles. The van der Waals surface area contributed by atoms with Gasteiger partial charge in [-0.3, -0.25) is 4.79 Å². The van der Waals surface area contributed by atoms with E-state index in [1.807, 2.05) is 0 Å². The summed E-state index contributed by atoms with van der Waals surface area (Å²) in [6.07, 6.45) is -3.76. The van der Waals surface area contributed by atoms with E-state index in [1.54, 1.807) is 19.2 Å². The minimum Gasteiger partial charge on any atom is -0.373 e. The van der Waals surface area contributed by atoms with Gasteiger partial charge in [-0.05, 0) is 18.2 Å². The van der Waals surface area contributed by atoms with Crippen LogP contribution in [0.3, 0.4) is 0 Å². The largest absolute Gasteiger partial charge is 0.417 e. The molecule has 112 valence electrons. The molecule has 0 aliphatic heterocycles. The van der Waals surface area contributed by atoms with Gasteiger partial charge in [-0.25, -0.2) is 4.98 Å². The Morgan fingerprint density at radius 3 is 2.62 bits per heavy atom. The lowest BCUT2D eigenvalue weighted by molar-refractivity contribution is -0.138. The molecule has 0 saturated heterocycles. The predicted octanol–water partition coefficient (Wildman–Crippen LogP) is 3.01. The number of rotatable bonds is 3. The Morgan fingerprint density at radius 1 is 1.29 bits per heavy atom. The van der Waals surface area contributed by atoms with Crippen LogP contribution in [-0.4, -0.2) is 16.6 Å². The fourth-order valence-electron chi connectivity index (χ4n) is 1.72.